The number of rotatable bonds is 6. The Balaban J connectivity index is 1.58. The molecule has 0 radical (unpaired) electrons. The number of aliphatic imine (C=N–C) groups is 1. The molecular formula is C21H26ClN3O2. The molecule has 0 aliphatic carbocycles. The van der Waals surface area contributed by atoms with Gasteiger partial charge in [-0.2, -0.15) is 0 Å². The number of halogens is 1. The van der Waals surface area contributed by atoms with E-state index in [1.807, 2.05) is 24.3 Å². The largest absolute Gasteiger partial charge is 0.488 e. The van der Waals surface area contributed by atoms with E-state index >= 15 is 0 Å². The molecule has 0 amide bonds. The summed E-state index contributed by atoms with van der Waals surface area (Å²) in [6.07, 6.45) is 1.07. The van der Waals surface area contributed by atoms with Crippen molar-refractivity contribution >= 4 is 17.6 Å². The Labute approximate surface area is 165 Å². The number of ether oxygens (including phenoxy) is 2. The third kappa shape index (κ3) is 5.88. The summed E-state index contributed by atoms with van der Waals surface area (Å²) in [6, 6.07) is 14.0. The Kier molecular flexibility index (Phi) is 6.96. The van der Waals surface area contributed by atoms with Crippen molar-refractivity contribution in [2.24, 2.45) is 4.99 Å². The molecule has 2 aromatic rings. The van der Waals surface area contributed by atoms with Crippen LogP contribution in [-0.4, -0.2) is 32.3 Å². The molecular weight excluding hydrogens is 362 g/mol. The van der Waals surface area contributed by atoms with E-state index in [0.717, 1.165) is 40.9 Å². The lowest BCUT2D eigenvalue weighted by molar-refractivity contribution is 0.140. The van der Waals surface area contributed by atoms with Crippen LogP contribution in [0.4, 0.5) is 0 Å². The maximum atomic E-state index is 6.16. The molecule has 1 atom stereocenters. The summed E-state index contributed by atoms with van der Waals surface area (Å²) < 4.78 is 11.6. The van der Waals surface area contributed by atoms with Crippen LogP contribution in [0.5, 0.6) is 5.75 Å². The molecule has 6 heteroatoms. The van der Waals surface area contributed by atoms with Crippen LogP contribution in [0.15, 0.2) is 47.5 Å². The van der Waals surface area contributed by atoms with Gasteiger partial charge in [-0.05, 0) is 36.2 Å². The summed E-state index contributed by atoms with van der Waals surface area (Å²) in [5, 5.41) is 7.40. The van der Waals surface area contributed by atoms with Gasteiger partial charge in [0.05, 0.1) is 13.2 Å². The number of guanidine groups is 1. The van der Waals surface area contributed by atoms with Crippen LogP contribution in [0.2, 0.25) is 5.02 Å². The molecule has 2 aromatic carbocycles. The van der Waals surface area contributed by atoms with Crippen molar-refractivity contribution in [1.29, 1.82) is 0 Å². The van der Waals surface area contributed by atoms with Crippen LogP contribution >= 0.6 is 11.6 Å². The highest BCUT2D eigenvalue weighted by atomic mass is 35.5. The predicted octanol–water partition coefficient (Wildman–Crippen LogP) is 3.68. The first kappa shape index (κ1) is 19.5. The van der Waals surface area contributed by atoms with Gasteiger partial charge in [-0.1, -0.05) is 35.9 Å². The molecule has 2 N–H and O–H groups in total. The molecule has 1 fully saturated rings. The fourth-order valence-electron chi connectivity index (χ4n) is 2.89. The molecule has 1 saturated heterocycles. The van der Waals surface area contributed by atoms with Gasteiger partial charge in [0.2, 0.25) is 0 Å². The van der Waals surface area contributed by atoms with E-state index in [1.165, 1.54) is 5.56 Å². The minimum atomic E-state index is 0.132. The van der Waals surface area contributed by atoms with E-state index in [0.29, 0.717) is 19.7 Å². The first-order valence-corrected chi connectivity index (χ1v) is 9.55. The van der Waals surface area contributed by atoms with Gasteiger partial charge < -0.3 is 20.1 Å². The quantitative estimate of drug-likeness (QED) is 0.586. The second-order valence-electron chi connectivity index (χ2n) is 6.62. The van der Waals surface area contributed by atoms with Gasteiger partial charge >= 0.3 is 0 Å². The molecule has 0 spiro atoms. The number of nitrogens with one attached hydrogen (secondary N) is 2. The molecule has 144 valence electrons. The maximum absolute atomic E-state index is 6.16. The molecule has 1 unspecified atom stereocenters. The average molecular weight is 388 g/mol. The molecule has 3 rings (SSSR count). The topological polar surface area (TPSA) is 54.9 Å². The number of benzene rings is 2. The molecule has 27 heavy (non-hydrogen) atoms. The summed E-state index contributed by atoms with van der Waals surface area (Å²) in [5.74, 6) is 1.65. The minimum absolute atomic E-state index is 0.132. The van der Waals surface area contributed by atoms with Gasteiger partial charge in [0.25, 0.3) is 0 Å². The SMILES string of the molecule is CN=C(NCc1ccc(Cl)cc1)NCc1ccc(C)cc1OC1CCOC1. The van der Waals surface area contributed by atoms with Crippen molar-refractivity contribution in [2.75, 3.05) is 20.3 Å². The van der Waals surface area contributed by atoms with Crippen LogP contribution in [0.3, 0.4) is 0 Å². The Bertz CT molecular complexity index is 771. The molecule has 0 saturated carbocycles. The van der Waals surface area contributed by atoms with Gasteiger partial charge in [0.1, 0.15) is 11.9 Å². The number of nitrogens with zero attached hydrogens (tertiary/aromatic N) is 1. The lowest BCUT2D eigenvalue weighted by atomic mass is 10.1. The summed E-state index contributed by atoms with van der Waals surface area (Å²) in [6.45, 7) is 4.80. The molecule has 0 aromatic heterocycles. The molecule has 1 aliphatic rings. The summed E-state index contributed by atoms with van der Waals surface area (Å²) in [5.41, 5.74) is 3.42. The van der Waals surface area contributed by atoms with E-state index in [4.69, 9.17) is 21.1 Å². The van der Waals surface area contributed by atoms with Crippen LogP contribution in [0.1, 0.15) is 23.1 Å². The highest BCUT2D eigenvalue weighted by Gasteiger charge is 2.18. The van der Waals surface area contributed by atoms with E-state index in [2.05, 4.69) is 40.7 Å². The monoisotopic (exact) mass is 387 g/mol. The first-order valence-electron chi connectivity index (χ1n) is 9.17. The second kappa shape index (κ2) is 9.62. The fraction of sp³-hybridized carbons (Fsp3) is 0.381. The zero-order valence-electron chi connectivity index (χ0n) is 15.8. The van der Waals surface area contributed by atoms with Crippen molar-refractivity contribution < 1.29 is 9.47 Å². The fourth-order valence-corrected chi connectivity index (χ4v) is 3.02. The molecule has 1 aliphatic heterocycles. The van der Waals surface area contributed by atoms with Crippen LogP contribution in [-0.2, 0) is 17.8 Å². The highest BCUT2D eigenvalue weighted by Crippen LogP contribution is 2.23. The lowest BCUT2D eigenvalue weighted by Gasteiger charge is -2.18. The predicted molar refractivity (Wildman–Crippen MR) is 110 cm³/mol. The third-order valence-corrected chi connectivity index (χ3v) is 4.70. The van der Waals surface area contributed by atoms with Crippen LogP contribution in [0.25, 0.3) is 0 Å². The highest BCUT2D eigenvalue weighted by molar-refractivity contribution is 6.30. The van der Waals surface area contributed by atoms with E-state index in [-0.39, 0.29) is 6.10 Å². The minimum Gasteiger partial charge on any atom is -0.488 e. The lowest BCUT2D eigenvalue weighted by Crippen LogP contribution is -2.36. The Morgan fingerprint density at radius 3 is 2.67 bits per heavy atom. The van der Waals surface area contributed by atoms with Crippen molar-refractivity contribution in [3.63, 3.8) is 0 Å². The van der Waals surface area contributed by atoms with Gasteiger partial charge in [-0.25, -0.2) is 0 Å². The zero-order valence-corrected chi connectivity index (χ0v) is 16.6. The standard InChI is InChI=1S/C21H26ClN3O2/c1-15-3-6-17(20(11-15)27-19-9-10-26-14-19)13-25-21(23-2)24-12-16-4-7-18(22)8-5-16/h3-8,11,19H,9-10,12-14H2,1-2H3,(H2,23,24,25). The van der Waals surface area contributed by atoms with Gasteiger partial charge in [-0.3, -0.25) is 4.99 Å². The molecule has 1 heterocycles. The van der Waals surface area contributed by atoms with Crippen molar-refractivity contribution in [3.05, 3.63) is 64.2 Å². The molecule has 0 bridgehead atoms. The first-order chi connectivity index (χ1) is 13.1. The van der Waals surface area contributed by atoms with Crippen molar-refractivity contribution in [3.8, 4) is 5.75 Å². The van der Waals surface area contributed by atoms with Gasteiger partial charge in [0, 0.05) is 37.1 Å². The van der Waals surface area contributed by atoms with Crippen molar-refractivity contribution in [2.45, 2.75) is 32.5 Å². The summed E-state index contributed by atoms with van der Waals surface area (Å²) >= 11 is 5.93. The average Bonchev–Trinajstić information content (AvgIpc) is 3.18. The Morgan fingerprint density at radius 2 is 1.96 bits per heavy atom. The van der Waals surface area contributed by atoms with Crippen LogP contribution < -0.4 is 15.4 Å². The maximum Gasteiger partial charge on any atom is 0.191 e. The number of hydrogen-bond acceptors (Lipinski definition) is 3. The second-order valence-corrected chi connectivity index (χ2v) is 7.06. The summed E-state index contributed by atoms with van der Waals surface area (Å²) in [4.78, 5) is 4.29. The summed E-state index contributed by atoms with van der Waals surface area (Å²) in [7, 11) is 1.76. The van der Waals surface area contributed by atoms with Crippen molar-refractivity contribution in [1.82, 2.24) is 10.6 Å². The normalized spacial score (nSPS) is 17.0. The van der Waals surface area contributed by atoms with E-state index in [1.54, 1.807) is 7.05 Å². The van der Waals surface area contributed by atoms with Gasteiger partial charge in [-0.15, -0.1) is 0 Å². The third-order valence-electron chi connectivity index (χ3n) is 4.45. The van der Waals surface area contributed by atoms with E-state index in [9.17, 15) is 0 Å². The Morgan fingerprint density at radius 1 is 1.19 bits per heavy atom. The smallest absolute Gasteiger partial charge is 0.191 e. The van der Waals surface area contributed by atoms with Crippen LogP contribution in [0, 0.1) is 6.92 Å². The van der Waals surface area contributed by atoms with E-state index < -0.39 is 0 Å². The Hall–Kier alpha value is -2.24. The number of hydrogen-bond donors (Lipinski definition) is 2. The number of aryl methyl sites for hydroxylation is 1. The zero-order chi connectivity index (χ0) is 19.1. The molecule has 5 nitrogen and oxygen atoms in total. The van der Waals surface area contributed by atoms with Gasteiger partial charge in [0.15, 0.2) is 5.96 Å².